The average Bonchev–Trinajstić information content (AvgIpc) is 2.69. The Morgan fingerprint density at radius 2 is 1.36 bits per heavy atom. The van der Waals surface area contributed by atoms with Crippen molar-refractivity contribution in [2.45, 2.75) is 27.7 Å². The van der Waals surface area contributed by atoms with E-state index in [9.17, 15) is 4.79 Å². The Balaban J connectivity index is 0.000000271. The van der Waals surface area contributed by atoms with Crippen LogP contribution in [-0.4, -0.2) is 19.0 Å². The molecule has 0 aromatic heterocycles. The quantitative estimate of drug-likeness (QED) is 0.574. The van der Waals surface area contributed by atoms with E-state index in [0.717, 1.165) is 13.2 Å². The maximum atomic E-state index is 10.8. The summed E-state index contributed by atoms with van der Waals surface area (Å²) in [7, 11) is 0. The van der Waals surface area contributed by atoms with Crippen LogP contribution in [0.1, 0.15) is 27.7 Å². The van der Waals surface area contributed by atoms with Crippen LogP contribution in [0.15, 0.2) is 0 Å². The second-order valence-corrected chi connectivity index (χ2v) is 3.32. The number of epoxide rings is 1. The van der Waals surface area contributed by atoms with E-state index in [1.54, 1.807) is 0 Å². The molecule has 2 heteroatoms. The standard InChI is InChI=1S/C7H14O.C2H4O/c1-5(2)7(8)6(3)4;1-2-3-1/h5-6H,1-4H3;1-2H2. The first-order chi connectivity index (χ1) is 5.05. The summed E-state index contributed by atoms with van der Waals surface area (Å²) in [5.74, 6) is 0.759. The Morgan fingerprint density at radius 3 is 1.36 bits per heavy atom. The summed E-state index contributed by atoms with van der Waals surface area (Å²) >= 11 is 0. The van der Waals surface area contributed by atoms with E-state index in [0.29, 0.717) is 5.78 Å². The Kier molecular flexibility index (Phi) is 5.12. The minimum absolute atomic E-state index is 0.204. The summed E-state index contributed by atoms with van der Waals surface area (Å²) < 4.78 is 4.50. The van der Waals surface area contributed by atoms with Gasteiger partial charge in [0.2, 0.25) is 0 Å². The number of ether oxygens (including phenoxy) is 1. The summed E-state index contributed by atoms with van der Waals surface area (Å²) in [6, 6.07) is 0. The van der Waals surface area contributed by atoms with Gasteiger partial charge in [-0.15, -0.1) is 0 Å². The summed E-state index contributed by atoms with van der Waals surface area (Å²) in [5, 5.41) is 0. The molecule has 1 aliphatic rings. The molecule has 0 spiro atoms. The summed E-state index contributed by atoms with van der Waals surface area (Å²) in [4.78, 5) is 10.8. The fourth-order valence-electron chi connectivity index (χ4n) is 0.667. The first-order valence-electron chi connectivity index (χ1n) is 4.17. The van der Waals surface area contributed by atoms with Gasteiger partial charge in [-0.2, -0.15) is 0 Å². The van der Waals surface area contributed by atoms with E-state index in [1.807, 2.05) is 27.7 Å². The fourth-order valence-corrected chi connectivity index (χ4v) is 0.667. The van der Waals surface area contributed by atoms with Crippen LogP contribution < -0.4 is 0 Å². The normalized spacial score (nSPS) is 14.4. The second kappa shape index (κ2) is 5.30. The first-order valence-corrected chi connectivity index (χ1v) is 4.17. The van der Waals surface area contributed by atoms with Crippen molar-refractivity contribution in [1.82, 2.24) is 0 Å². The number of hydrogen-bond donors (Lipinski definition) is 0. The van der Waals surface area contributed by atoms with Gasteiger partial charge < -0.3 is 4.74 Å². The Bertz CT molecular complexity index is 102. The molecule has 2 nitrogen and oxygen atoms in total. The number of hydrogen-bond acceptors (Lipinski definition) is 2. The molecule has 0 saturated carbocycles. The predicted octanol–water partition coefficient (Wildman–Crippen LogP) is 1.88. The third-order valence-electron chi connectivity index (χ3n) is 1.34. The molecule has 0 atom stereocenters. The third-order valence-corrected chi connectivity index (χ3v) is 1.34. The molecule has 0 N–H and O–H groups in total. The summed E-state index contributed by atoms with van der Waals surface area (Å²) in [6.07, 6.45) is 0. The molecule has 1 fully saturated rings. The van der Waals surface area contributed by atoms with Gasteiger partial charge in [0.1, 0.15) is 5.78 Å². The number of ketones is 1. The zero-order chi connectivity index (χ0) is 8.85. The van der Waals surface area contributed by atoms with E-state index in [2.05, 4.69) is 4.74 Å². The van der Waals surface area contributed by atoms with Gasteiger partial charge in [-0.3, -0.25) is 4.79 Å². The largest absolute Gasteiger partial charge is 0.377 e. The Morgan fingerprint density at radius 1 is 1.09 bits per heavy atom. The van der Waals surface area contributed by atoms with Crippen molar-refractivity contribution >= 4 is 5.78 Å². The second-order valence-electron chi connectivity index (χ2n) is 3.32. The molecule has 66 valence electrons. The van der Waals surface area contributed by atoms with E-state index >= 15 is 0 Å². The molecule has 0 unspecified atom stereocenters. The van der Waals surface area contributed by atoms with Crippen LogP contribution in [0.3, 0.4) is 0 Å². The molecule has 0 aromatic carbocycles. The molecule has 1 saturated heterocycles. The van der Waals surface area contributed by atoms with Gasteiger partial charge in [0.25, 0.3) is 0 Å². The maximum Gasteiger partial charge on any atom is 0.137 e. The fraction of sp³-hybridized carbons (Fsp3) is 0.889. The third kappa shape index (κ3) is 7.53. The summed E-state index contributed by atoms with van der Waals surface area (Å²) in [5.41, 5.74) is 0. The lowest BCUT2D eigenvalue weighted by atomic mass is 9.99. The number of carbonyl (C=O) groups is 1. The maximum absolute atomic E-state index is 10.8. The van der Waals surface area contributed by atoms with E-state index in [1.165, 1.54) is 0 Å². The summed E-state index contributed by atoms with van der Waals surface area (Å²) in [6.45, 7) is 9.73. The molecule has 0 radical (unpaired) electrons. The number of carbonyl (C=O) groups excluding carboxylic acids is 1. The molecule has 1 aliphatic heterocycles. The SMILES string of the molecule is C1CO1.CC(C)C(=O)C(C)C. The molecular formula is C9H18O2. The van der Waals surface area contributed by atoms with E-state index < -0.39 is 0 Å². The highest BCUT2D eigenvalue weighted by atomic mass is 16.6. The highest BCUT2D eigenvalue weighted by Gasteiger charge is 2.09. The van der Waals surface area contributed by atoms with Crippen LogP contribution in [0.25, 0.3) is 0 Å². The van der Waals surface area contributed by atoms with Gasteiger partial charge in [-0.05, 0) is 0 Å². The van der Waals surface area contributed by atoms with Gasteiger partial charge >= 0.3 is 0 Å². The van der Waals surface area contributed by atoms with Crippen molar-refractivity contribution in [2.75, 3.05) is 13.2 Å². The lowest BCUT2D eigenvalue weighted by Crippen LogP contribution is -2.13. The molecular weight excluding hydrogens is 140 g/mol. The Hall–Kier alpha value is -0.370. The van der Waals surface area contributed by atoms with Crippen LogP contribution in [0.4, 0.5) is 0 Å². The molecule has 1 heterocycles. The Labute approximate surface area is 68.9 Å². The van der Waals surface area contributed by atoms with E-state index in [-0.39, 0.29) is 11.8 Å². The molecule has 0 aliphatic carbocycles. The van der Waals surface area contributed by atoms with Crippen LogP contribution in [-0.2, 0) is 9.53 Å². The van der Waals surface area contributed by atoms with Crippen LogP contribution in [0.5, 0.6) is 0 Å². The molecule has 0 amide bonds. The van der Waals surface area contributed by atoms with Gasteiger partial charge in [0.15, 0.2) is 0 Å². The van der Waals surface area contributed by atoms with Crippen LogP contribution >= 0.6 is 0 Å². The minimum atomic E-state index is 0.204. The predicted molar refractivity (Wildman–Crippen MR) is 45.5 cm³/mol. The topological polar surface area (TPSA) is 29.6 Å². The van der Waals surface area contributed by atoms with Gasteiger partial charge in [-0.25, -0.2) is 0 Å². The molecule has 1 rings (SSSR count). The van der Waals surface area contributed by atoms with Crippen molar-refractivity contribution in [2.24, 2.45) is 11.8 Å². The number of rotatable bonds is 2. The van der Waals surface area contributed by atoms with Gasteiger partial charge in [0, 0.05) is 11.8 Å². The monoisotopic (exact) mass is 158 g/mol. The van der Waals surface area contributed by atoms with Gasteiger partial charge in [-0.1, -0.05) is 27.7 Å². The first kappa shape index (κ1) is 10.6. The highest BCUT2D eigenvalue weighted by Crippen LogP contribution is 2.03. The van der Waals surface area contributed by atoms with E-state index in [4.69, 9.17) is 0 Å². The van der Waals surface area contributed by atoms with Crippen molar-refractivity contribution < 1.29 is 9.53 Å². The average molecular weight is 158 g/mol. The van der Waals surface area contributed by atoms with Crippen molar-refractivity contribution in [3.05, 3.63) is 0 Å². The lowest BCUT2D eigenvalue weighted by Gasteiger charge is -2.05. The molecule has 11 heavy (non-hydrogen) atoms. The highest BCUT2D eigenvalue weighted by molar-refractivity contribution is 5.81. The smallest absolute Gasteiger partial charge is 0.137 e. The zero-order valence-corrected chi connectivity index (χ0v) is 7.89. The van der Waals surface area contributed by atoms with Crippen molar-refractivity contribution in [3.8, 4) is 0 Å². The molecule has 0 bridgehead atoms. The molecule has 0 aromatic rings. The van der Waals surface area contributed by atoms with Gasteiger partial charge in [0.05, 0.1) is 13.2 Å². The minimum Gasteiger partial charge on any atom is -0.377 e. The van der Waals surface area contributed by atoms with Crippen LogP contribution in [0.2, 0.25) is 0 Å². The zero-order valence-electron chi connectivity index (χ0n) is 7.89. The van der Waals surface area contributed by atoms with Crippen molar-refractivity contribution in [3.63, 3.8) is 0 Å². The van der Waals surface area contributed by atoms with Crippen LogP contribution in [0, 0.1) is 11.8 Å². The van der Waals surface area contributed by atoms with Crippen molar-refractivity contribution in [1.29, 1.82) is 0 Å². The lowest BCUT2D eigenvalue weighted by molar-refractivity contribution is -0.124. The number of Topliss-reactive ketones (excluding diaryl/α,β-unsaturated/α-hetero) is 1.